The van der Waals surface area contributed by atoms with E-state index in [2.05, 4.69) is 10.3 Å². The van der Waals surface area contributed by atoms with Gasteiger partial charge in [0.25, 0.3) is 0 Å². The minimum Gasteiger partial charge on any atom is -0.385 e. The number of rotatable bonds is 2. The Bertz CT molecular complexity index is 510. The van der Waals surface area contributed by atoms with Crippen LogP contribution in [0.2, 0.25) is 0 Å². The highest BCUT2D eigenvalue weighted by Gasteiger charge is 2.04. The molecule has 2 aromatic rings. The van der Waals surface area contributed by atoms with Crippen molar-refractivity contribution in [1.29, 1.82) is 0 Å². The van der Waals surface area contributed by atoms with Crippen molar-refractivity contribution < 1.29 is 0 Å². The van der Waals surface area contributed by atoms with E-state index in [0.717, 1.165) is 16.9 Å². The molecule has 0 fully saturated rings. The lowest BCUT2D eigenvalue weighted by atomic mass is 10.3. The maximum absolute atomic E-state index is 5.69. The number of nitrogens with zero attached hydrogens (tertiary/aromatic N) is 2. The van der Waals surface area contributed by atoms with Crippen molar-refractivity contribution in [3.8, 4) is 0 Å². The number of imidazole rings is 1. The van der Waals surface area contributed by atoms with Crippen molar-refractivity contribution in [3.05, 3.63) is 35.9 Å². The van der Waals surface area contributed by atoms with Crippen molar-refractivity contribution in [2.75, 3.05) is 7.05 Å². The van der Waals surface area contributed by atoms with Crippen molar-refractivity contribution >= 4 is 17.1 Å². The molecule has 1 aromatic carbocycles. The molecule has 0 spiro atoms. The van der Waals surface area contributed by atoms with Crippen LogP contribution in [0, 0.1) is 0 Å². The van der Waals surface area contributed by atoms with Gasteiger partial charge in [0, 0.05) is 20.2 Å². The molecule has 4 heteroatoms. The molecule has 0 unspecified atom stereocenters. The van der Waals surface area contributed by atoms with Gasteiger partial charge in [-0.1, -0.05) is 12.1 Å². The summed E-state index contributed by atoms with van der Waals surface area (Å²) in [6, 6.07) is 8.00. The Kier molecular flexibility index (Phi) is 2.33. The number of nitrogens with one attached hydrogen (secondary N) is 1. The second kappa shape index (κ2) is 3.65. The highest BCUT2D eigenvalue weighted by atomic mass is 15.1. The third-order valence-electron chi connectivity index (χ3n) is 2.40. The van der Waals surface area contributed by atoms with Gasteiger partial charge in [-0.05, 0) is 12.1 Å². The number of hydrogen-bond donors (Lipinski definition) is 2. The number of para-hydroxylation sites is 2. The normalized spacial score (nSPS) is 12.0. The quantitative estimate of drug-likeness (QED) is 0.765. The van der Waals surface area contributed by atoms with E-state index >= 15 is 0 Å². The molecule has 0 radical (unpaired) electrons. The molecule has 4 nitrogen and oxygen atoms in total. The Balaban J connectivity index is 2.58. The van der Waals surface area contributed by atoms with Gasteiger partial charge >= 0.3 is 0 Å². The second-order valence-corrected chi connectivity index (χ2v) is 3.37. The van der Waals surface area contributed by atoms with Crippen molar-refractivity contribution in [1.82, 2.24) is 14.9 Å². The molecule has 0 atom stereocenters. The van der Waals surface area contributed by atoms with Gasteiger partial charge in [0.1, 0.15) is 5.82 Å². The van der Waals surface area contributed by atoms with Crippen molar-refractivity contribution in [3.63, 3.8) is 0 Å². The summed E-state index contributed by atoms with van der Waals surface area (Å²) >= 11 is 0. The van der Waals surface area contributed by atoms with Gasteiger partial charge in [0.15, 0.2) is 0 Å². The Morgan fingerprint density at radius 3 is 2.87 bits per heavy atom. The van der Waals surface area contributed by atoms with Crippen LogP contribution in [0.4, 0.5) is 0 Å². The molecule has 0 saturated heterocycles. The lowest BCUT2D eigenvalue weighted by Gasteiger charge is -1.99. The topological polar surface area (TPSA) is 55.9 Å². The molecule has 1 heterocycles. The molecule has 0 aliphatic rings. The van der Waals surface area contributed by atoms with Crippen LogP contribution >= 0.6 is 0 Å². The molecule has 0 saturated carbocycles. The van der Waals surface area contributed by atoms with E-state index in [0.29, 0.717) is 5.82 Å². The maximum atomic E-state index is 5.69. The zero-order chi connectivity index (χ0) is 10.8. The van der Waals surface area contributed by atoms with E-state index in [-0.39, 0.29) is 0 Å². The first-order valence-electron chi connectivity index (χ1n) is 4.79. The molecule has 3 N–H and O–H groups in total. The fourth-order valence-electron chi connectivity index (χ4n) is 1.50. The van der Waals surface area contributed by atoms with E-state index in [4.69, 9.17) is 5.73 Å². The number of aromatic nitrogens is 2. The van der Waals surface area contributed by atoms with E-state index in [9.17, 15) is 0 Å². The van der Waals surface area contributed by atoms with Gasteiger partial charge in [-0.3, -0.25) is 0 Å². The van der Waals surface area contributed by atoms with Gasteiger partial charge in [0.05, 0.1) is 16.9 Å². The minimum atomic E-state index is 0.605. The van der Waals surface area contributed by atoms with E-state index in [1.165, 1.54) is 0 Å². The summed E-state index contributed by atoms with van der Waals surface area (Å²) in [5.41, 5.74) is 7.78. The number of benzene rings is 1. The summed E-state index contributed by atoms with van der Waals surface area (Å²) in [5.74, 6) is 1.46. The molecule has 0 aliphatic carbocycles. The fourth-order valence-corrected chi connectivity index (χ4v) is 1.50. The van der Waals surface area contributed by atoms with Crippen LogP contribution in [-0.2, 0) is 7.05 Å². The molecular formula is C11H14N4. The Morgan fingerprint density at radius 1 is 1.47 bits per heavy atom. The van der Waals surface area contributed by atoms with Gasteiger partial charge in [-0.2, -0.15) is 0 Å². The van der Waals surface area contributed by atoms with Gasteiger partial charge in [0.2, 0.25) is 0 Å². The average molecular weight is 202 g/mol. The van der Waals surface area contributed by atoms with E-state index in [1.54, 1.807) is 7.05 Å². The highest BCUT2D eigenvalue weighted by Crippen LogP contribution is 2.15. The first kappa shape index (κ1) is 9.58. The second-order valence-electron chi connectivity index (χ2n) is 3.37. The van der Waals surface area contributed by atoms with Crippen molar-refractivity contribution in [2.45, 2.75) is 0 Å². The van der Waals surface area contributed by atoms with Crippen LogP contribution < -0.4 is 11.1 Å². The molecular weight excluding hydrogens is 188 g/mol. The first-order chi connectivity index (χ1) is 7.22. The van der Waals surface area contributed by atoms with Crippen LogP contribution in [0.1, 0.15) is 5.82 Å². The van der Waals surface area contributed by atoms with E-state index < -0.39 is 0 Å². The Labute approximate surface area is 88.4 Å². The molecule has 15 heavy (non-hydrogen) atoms. The van der Waals surface area contributed by atoms with Crippen LogP contribution in [0.15, 0.2) is 30.1 Å². The van der Waals surface area contributed by atoms with Crippen LogP contribution in [0.3, 0.4) is 0 Å². The zero-order valence-electron chi connectivity index (χ0n) is 8.86. The summed E-state index contributed by atoms with van der Waals surface area (Å²) in [6.45, 7) is 0. The largest absolute Gasteiger partial charge is 0.385 e. The first-order valence-corrected chi connectivity index (χ1v) is 4.79. The summed E-state index contributed by atoms with van der Waals surface area (Å²) in [7, 11) is 3.76. The number of hydrogen-bond acceptors (Lipinski definition) is 3. The van der Waals surface area contributed by atoms with Crippen LogP contribution in [0.25, 0.3) is 17.1 Å². The third kappa shape index (κ3) is 1.66. The monoisotopic (exact) mass is 202 g/mol. The standard InChI is InChI=1S/C11H14N4/c1-13-10(12)7-11-14-8-5-3-4-6-9(8)15(11)2/h3-7,13H,12H2,1-2H3/b10-7+. The predicted octanol–water partition coefficient (Wildman–Crippen LogP) is 1.05. The summed E-state index contributed by atoms with van der Waals surface area (Å²) in [4.78, 5) is 4.47. The molecule has 78 valence electrons. The lowest BCUT2D eigenvalue weighted by Crippen LogP contribution is -2.14. The fraction of sp³-hybridized carbons (Fsp3) is 0.182. The van der Waals surface area contributed by atoms with Crippen LogP contribution in [-0.4, -0.2) is 16.6 Å². The van der Waals surface area contributed by atoms with Gasteiger partial charge in [-0.25, -0.2) is 4.98 Å². The summed E-state index contributed by atoms with van der Waals surface area (Å²) < 4.78 is 2.01. The highest BCUT2D eigenvalue weighted by molar-refractivity contribution is 5.77. The zero-order valence-corrected chi connectivity index (χ0v) is 8.86. The number of aryl methyl sites for hydroxylation is 1. The van der Waals surface area contributed by atoms with Crippen LogP contribution in [0.5, 0.6) is 0 Å². The Morgan fingerprint density at radius 2 is 2.20 bits per heavy atom. The third-order valence-corrected chi connectivity index (χ3v) is 2.40. The summed E-state index contributed by atoms with van der Waals surface area (Å²) in [6.07, 6.45) is 1.82. The summed E-state index contributed by atoms with van der Waals surface area (Å²) in [5, 5.41) is 2.87. The lowest BCUT2D eigenvalue weighted by molar-refractivity contribution is 0.915. The SMILES string of the molecule is CN/C(N)=C/c1nc2ccccc2n1C. The van der Waals surface area contributed by atoms with Gasteiger partial charge < -0.3 is 15.6 Å². The Hall–Kier alpha value is -1.97. The van der Waals surface area contributed by atoms with E-state index in [1.807, 2.05) is 42.0 Å². The molecule has 2 rings (SSSR count). The molecule has 0 bridgehead atoms. The molecule has 0 amide bonds. The van der Waals surface area contributed by atoms with Gasteiger partial charge in [-0.15, -0.1) is 0 Å². The molecule has 1 aromatic heterocycles. The smallest absolute Gasteiger partial charge is 0.137 e. The minimum absolute atomic E-state index is 0.605. The average Bonchev–Trinajstić information content (AvgIpc) is 2.57. The predicted molar refractivity (Wildman–Crippen MR) is 61.9 cm³/mol. The number of fused-ring (bicyclic) bond motifs is 1. The molecule has 0 aliphatic heterocycles. The van der Waals surface area contributed by atoms with Crippen molar-refractivity contribution in [2.24, 2.45) is 12.8 Å². The number of nitrogens with two attached hydrogens (primary N) is 1. The maximum Gasteiger partial charge on any atom is 0.137 e.